The number of aryl methyl sites for hydroxylation is 1. The zero-order valence-electron chi connectivity index (χ0n) is 15.0. The number of amides is 1. The molecule has 0 radical (unpaired) electrons. The lowest BCUT2D eigenvalue weighted by Gasteiger charge is -2.40. The van der Waals surface area contributed by atoms with Gasteiger partial charge in [-0.3, -0.25) is 9.59 Å². The number of aromatic nitrogens is 2. The predicted molar refractivity (Wildman–Crippen MR) is 101 cm³/mol. The highest BCUT2D eigenvalue weighted by molar-refractivity contribution is 5.92. The first-order valence-corrected chi connectivity index (χ1v) is 9.20. The van der Waals surface area contributed by atoms with Crippen molar-refractivity contribution in [2.24, 2.45) is 0 Å². The number of aromatic amines is 1. The average Bonchev–Trinajstić information content (AvgIpc) is 2.99. The average molecular weight is 349 g/mol. The van der Waals surface area contributed by atoms with Crippen LogP contribution in [-0.2, 0) is 16.6 Å². The standard InChI is InChI=1S/C21H23N3O2/c1-15-22-19-17(20(26)23-15)10-12-21(19)11-5-13-24(14-21)18(25)9-8-16-6-3-2-4-7-16/h2-4,6-9H,5,10-14H2,1H3,(H,22,23,26)/b9-8+. The van der Waals surface area contributed by atoms with E-state index in [1.807, 2.05) is 48.2 Å². The van der Waals surface area contributed by atoms with Gasteiger partial charge in [-0.05, 0) is 44.2 Å². The zero-order valence-corrected chi connectivity index (χ0v) is 15.0. The molecule has 2 heterocycles. The second kappa shape index (κ2) is 6.56. The Morgan fingerprint density at radius 3 is 2.88 bits per heavy atom. The Hall–Kier alpha value is -2.69. The summed E-state index contributed by atoms with van der Waals surface area (Å²) in [6, 6.07) is 9.84. The highest BCUT2D eigenvalue weighted by Crippen LogP contribution is 2.42. The van der Waals surface area contributed by atoms with Gasteiger partial charge in [0.2, 0.25) is 5.91 Å². The number of hydrogen-bond donors (Lipinski definition) is 1. The molecule has 134 valence electrons. The third-order valence-electron chi connectivity index (χ3n) is 5.60. The van der Waals surface area contributed by atoms with Gasteiger partial charge in [-0.15, -0.1) is 0 Å². The van der Waals surface area contributed by atoms with Gasteiger partial charge < -0.3 is 9.88 Å². The van der Waals surface area contributed by atoms with Crippen molar-refractivity contribution >= 4 is 12.0 Å². The van der Waals surface area contributed by atoms with E-state index in [4.69, 9.17) is 0 Å². The fourth-order valence-corrected chi connectivity index (χ4v) is 4.32. The maximum absolute atomic E-state index is 12.7. The summed E-state index contributed by atoms with van der Waals surface area (Å²) in [5.41, 5.74) is 2.57. The molecule has 1 atom stereocenters. The maximum atomic E-state index is 12.7. The summed E-state index contributed by atoms with van der Waals surface area (Å²) in [5.74, 6) is 0.686. The molecule has 1 N–H and O–H groups in total. The highest BCUT2D eigenvalue weighted by Gasteiger charge is 2.45. The van der Waals surface area contributed by atoms with Crippen molar-refractivity contribution in [1.82, 2.24) is 14.9 Å². The van der Waals surface area contributed by atoms with E-state index in [2.05, 4.69) is 9.97 Å². The number of rotatable bonds is 2. The molecular weight excluding hydrogens is 326 g/mol. The van der Waals surface area contributed by atoms with Crippen LogP contribution in [0.25, 0.3) is 6.08 Å². The second-order valence-electron chi connectivity index (χ2n) is 7.37. The summed E-state index contributed by atoms with van der Waals surface area (Å²) in [6.07, 6.45) is 7.09. The molecule has 0 saturated carbocycles. The van der Waals surface area contributed by atoms with Crippen LogP contribution in [0, 0.1) is 6.92 Å². The van der Waals surface area contributed by atoms with Crippen molar-refractivity contribution < 1.29 is 4.79 Å². The van der Waals surface area contributed by atoms with Gasteiger partial charge in [-0.1, -0.05) is 30.3 Å². The number of nitrogens with zero attached hydrogens (tertiary/aromatic N) is 2. The van der Waals surface area contributed by atoms with E-state index in [9.17, 15) is 9.59 Å². The quantitative estimate of drug-likeness (QED) is 0.848. The maximum Gasteiger partial charge on any atom is 0.254 e. The Balaban J connectivity index is 1.57. The molecule has 1 aromatic carbocycles. The van der Waals surface area contributed by atoms with Gasteiger partial charge in [-0.2, -0.15) is 0 Å². The molecule has 1 unspecified atom stereocenters. The Labute approximate surface area is 152 Å². The molecule has 1 aliphatic heterocycles. The SMILES string of the molecule is Cc1nc2c(c(=O)[nH]1)CCC21CCCN(C(=O)/C=C/c2ccccc2)C1. The first kappa shape index (κ1) is 16.8. The van der Waals surface area contributed by atoms with Crippen LogP contribution in [0.5, 0.6) is 0 Å². The number of benzene rings is 1. The highest BCUT2D eigenvalue weighted by atomic mass is 16.2. The summed E-state index contributed by atoms with van der Waals surface area (Å²) in [7, 11) is 0. The van der Waals surface area contributed by atoms with E-state index in [0.717, 1.165) is 49.0 Å². The van der Waals surface area contributed by atoms with Crippen LogP contribution in [0.2, 0.25) is 0 Å². The van der Waals surface area contributed by atoms with E-state index < -0.39 is 0 Å². The van der Waals surface area contributed by atoms with Crippen LogP contribution in [-0.4, -0.2) is 33.9 Å². The number of H-pyrrole nitrogens is 1. The van der Waals surface area contributed by atoms with E-state index >= 15 is 0 Å². The number of likely N-dealkylation sites (tertiary alicyclic amines) is 1. The molecule has 5 heteroatoms. The van der Waals surface area contributed by atoms with E-state index in [-0.39, 0.29) is 16.9 Å². The molecule has 1 spiro atoms. The van der Waals surface area contributed by atoms with Crippen LogP contribution in [0.15, 0.2) is 41.2 Å². The Bertz CT molecular complexity index is 917. The molecule has 1 aliphatic carbocycles. The number of carbonyl (C=O) groups is 1. The van der Waals surface area contributed by atoms with E-state index in [1.165, 1.54) is 0 Å². The normalized spacial score (nSPS) is 22.1. The Morgan fingerprint density at radius 2 is 2.08 bits per heavy atom. The lowest BCUT2D eigenvalue weighted by molar-refractivity contribution is -0.128. The minimum absolute atomic E-state index is 0.0169. The van der Waals surface area contributed by atoms with Gasteiger partial charge in [0.05, 0.1) is 5.69 Å². The molecule has 4 rings (SSSR count). The van der Waals surface area contributed by atoms with E-state index in [1.54, 1.807) is 6.08 Å². The van der Waals surface area contributed by atoms with Gasteiger partial charge >= 0.3 is 0 Å². The lowest BCUT2D eigenvalue weighted by Crippen LogP contribution is -2.47. The molecule has 2 aromatic rings. The number of carbonyl (C=O) groups excluding carboxylic acids is 1. The topological polar surface area (TPSA) is 66.1 Å². The lowest BCUT2D eigenvalue weighted by atomic mass is 9.77. The van der Waals surface area contributed by atoms with Crippen molar-refractivity contribution in [2.75, 3.05) is 13.1 Å². The van der Waals surface area contributed by atoms with Crippen LogP contribution < -0.4 is 5.56 Å². The van der Waals surface area contributed by atoms with Crippen LogP contribution in [0.4, 0.5) is 0 Å². The smallest absolute Gasteiger partial charge is 0.254 e. The summed E-state index contributed by atoms with van der Waals surface area (Å²) >= 11 is 0. The van der Waals surface area contributed by atoms with Crippen molar-refractivity contribution in [3.05, 3.63) is 69.4 Å². The number of nitrogens with one attached hydrogen (secondary N) is 1. The predicted octanol–water partition coefficient (Wildman–Crippen LogP) is 2.60. The monoisotopic (exact) mass is 349 g/mol. The molecule has 5 nitrogen and oxygen atoms in total. The molecule has 1 saturated heterocycles. The Kier molecular flexibility index (Phi) is 4.23. The number of fused-ring (bicyclic) bond motifs is 2. The minimum atomic E-state index is -0.164. The fourth-order valence-electron chi connectivity index (χ4n) is 4.32. The van der Waals surface area contributed by atoms with Crippen LogP contribution >= 0.6 is 0 Å². The summed E-state index contributed by atoms with van der Waals surface area (Å²) in [4.78, 5) is 34.3. The molecule has 0 bridgehead atoms. The number of piperidine rings is 1. The third-order valence-corrected chi connectivity index (χ3v) is 5.60. The Morgan fingerprint density at radius 1 is 1.27 bits per heavy atom. The van der Waals surface area contributed by atoms with E-state index in [0.29, 0.717) is 12.4 Å². The fraction of sp³-hybridized carbons (Fsp3) is 0.381. The van der Waals surface area contributed by atoms with Crippen molar-refractivity contribution in [1.29, 1.82) is 0 Å². The first-order chi connectivity index (χ1) is 12.6. The molecule has 1 amide bonds. The molecule has 2 aliphatic rings. The van der Waals surface area contributed by atoms with Crippen LogP contribution in [0.3, 0.4) is 0 Å². The molecule has 26 heavy (non-hydrogen) atoms. The van der Waals surface area contributed by atoms with Gasteiger partial charge in [0.1, 0.15) is 5.82 Å². The summed E-state index contributed by atoms with van der Waals surface area (Å²) < 4.78 is 0. The van der Waals surface area contributed by atoms with Crippen molar-refractivity contribution in [3.8, 4) is 0 Å². The van der Waals surface area contributed by atoms with Gasteiger partial charge in [0, 0.05) is 30.1 Å². The van der Waals surface area contributed by atoms with Gasteiger partial charge in [-0.25, -0.2) is 4.98 Å². The first-order valence-electron chi connectivity index (χ1n) is 9.20. The molecule has 1 aromatic heterocycles. The largest absolute Gasteiger partial charge is 0.338 e. The zero-order chi connectivity index (χ0) is 18.1. The van der Waals surface area contributed by atoms with Gasteiger partial charge in [0.25, 0.3) is 5.56 Å². The van der Waals surface area contributed by atoms with Crippen LogP contribution in [0.1, 0.15) is 41.9 Å². The van der Waals surface area contributed by atoms with Gasteiger partial charge in [0.15, 0.2) is 0 Å². The molecule has 1 fully saturated rings. The van der Waals surface area contributed by atoms with Crippen molar-refractivity contribution in [3.63, 3.8) is 0 Å². The summed E-state index contributed by atoms with van der Waals surface area (Å²) in [6.45, 7) is 3.23. The molecular formula is C21H23N3O2. The third kappa shape index (κ3) is 2.98. The number of hydrogen-bond acceptors (Lipinski definition) is 3. The van der Waals surface area contributed by atoms with Crippen molar-refractivity contribution in [2.45, 2.75) is 38.0 Å². The summed E-state index contributed by atoms with van der Waals surface area (Å²) in [5, 5.41) is 0. The second-order valence-corrected chi connectivity index (χ2v) is 7.37. The minimum Gasteiger partial charge on any atom is -0.338 e.